The van der Waals surface area contributed by atoms with E-state index >= 15 is 0 Å². The predicted octanol–water partition coefficient (Wildman–Crippen LogP) is 4.21. The molecule has 22 heavy (non-hydrogen) atoms. The lowest BCUT2D eigenvalue weighted by Crippen LogP contribution is -2.15. The average Bonchev–Trinajstić information content (AvgIpc) is 2.49. The van der Waals surface area contributed by atoms with Gasteiger partial charge in [0.1, 0.15) is 10.6 Å². The number of benzene rings is 2. The highest BCUT2D eigenvalue weighted by Gasteiger charge is 2.21. The minimum Gasteiger partial charge on any atom is -0.492 e. The lowest BCUT2D eigenvalue weighted by atomic mass is 10.1. The predicted molar refractivity (Wildman–Crippen MR) is 91.9 cm³/mol. The number of ether oxygens (including phenoxy) is 1. The standard InChI is InChI=1S/C16H18BrNO3S/c1-3-12-7-5-6-8-14(12)18-22(19,20)16-11-13(17)9-10-15(16)21-4-2/h5-11,18H,3-4H2,1-2H3. The second kappa shape index (κ2) is 7.15. The molecule has 1 N–H and O–H groups in total. The van der Waals surface area contributed by atoms with Crippen LogP contribution < -0.4 is 9.46 Å². The maximum absolute atomic E-state index is 12.7. The van der Waals surface area contributed by atoms with E-state index < -0.39 is 10.0 Å². The minimum absolute atomic E-state index is 0.120. The van der Waals surface area contributed by atoms with Crippen molar-refractivity contribution >= 4 is 31.6 Å². The van der Waals surface area contributed by atoms with Crippen LogP contribution in [0.4, 0.5) is 5.69 Å². The molecule has 0 heterocycles. The van der Waals surface area contributed by atoms with E-state index in [1.165, 1.54) is 0 Å². The molecule has 2 rings (SSSR count). The highest BCUT2D eigenvalue weighted by Crippen LogP contribution is 2.30. The molecule has 0 saturated heterocycles. The molecule has 0 saturated carbocycles. The van der Waals surface area contributed by atoms with Gasteiger partial charge in [0, 0.05) is 4.47 Å². The second-order valence-corrected chi connectivity index (χ2v) is 7.21. The number of aryl methyl sites for hydroxylation is 1. The number of para-hydroxylation sites is 1. The van der Waals surface area contributed by atoms with Gasteiger partial charge in [0.25, 0.3) is 10.0 Å². The summed E-state index contributed by atoms with van der Waals surface area (Å²) in [7, 11) is -3.73. The van der Waals surface area contributed by atoms with Gasteiger partial charge in [0.05, 0.1) is 12.3 Å². The highest BCUT2D eigenvalue weighted by atomic mass is 79.9. The molecule has 0 aromatic heterocycles. The van der Waals surface area contributed by atoms with Crippen LogP contribution in [-0.4, -0.2) is 15.0 Å². The van der Waals surface area contributed by atoms with Crippen LogP contribution in [0.1, 0.15) is 19.4 Å². The van der Waals surface area contributed by atoms with Crippen molar-refractivity contribution in [1.82, 2.24) is 0 Å². The Hall–Kier alpha value is -1.53. The second-order valence-electron chi connectivity index (χ2n) is 4.64. The first-order chi connectivity index (χ1) is 10.5. The van der Waals surface area contributed by atoms with E-state index in [1.54, 1.807) is 30.3 Å². The fourth-order valence-electron chi connectivity index (χ4n) is 2.09. The Balaban J connectivity index is 2.44. The number of anilines is 1. The van der Waals surface area contributed by atoms with Crippen LogP contribution in [-0.2, 0) is 16.4 Å². The Morgan fingerprint density at radius 3 is 2.55 bits per heavy atom. The molecule has 0 spiro atoms. The molecule has 0 atom stereocenters. The van der Waals surface area contributed by atoms with E-state index in [1.807, 2.05) is 26.0 Å². The zero-order valence-electron chi connectivity index (χ0n) is 12.5. The number of halogens is 1. The summed E-state index contributed by atoms with van der Waals surface area (Å²) in [6, 6.07) is 12.3. The molecule has 2 aromatic rings. The molecule has 0 radical (unpaired) electrons. The quantitative estimate of drug-likeness (QED) is 0.812. The molecular weight excluding hydrogens is 366 g/mol. The molecular formula is C16H18BrNO3S. The smallest absolute Gasteiger partial charge is 0.265 e. The van der Waals surface area contributed by atoms with Crippen LogP contribution in [0, 0.1) is 0 Å². The van der Waals surface area contributed by atoms with Crippen molar-refractivity contribution in [2.45, 2.75) is 25.2 Å². The minimum atomic E-state index is -3.73. The molecule has 118 valence electrons. The van der Waals surface area contributed by atoms with Crippen LogP contribution in [0.5, 0.6) is 5.75 Å². The summed E-state index contributed by atoms with van der Waals surface area (Å²) < 4.78 is 34.2. The van der Waals surface area contributed by atoms with E-state index in [4.69, 9.17) is 4.74 Å². The van der Waals surface area contributed by atoms with Crippen molar-refractivity contribution in [3.63, 3.8) is 0 Å². The van der Waals surface area contributed by atoms with Crippen molar-refractivity contribution in [2.24, 2.45) is 0 Å². The van der Waals surface area contributed by atoms with Crippen LogP contribution in [0.2, 0.25) is 0 Å². The van der Waals surface area contributed by atoms with Crippen molar-refractivity contribution in [1.29, 1.82) is 0 Å². The first kappa shape index (κ1) is 16.8. The van der Waals surface area contributed by atoms with E-state index in [0.29, 0.717) is 22.5 Å². The summed E-state index contributed by atoms with van der Waals surface area (Å²) in [6.45, 7) is 4.20. The monoisotopic (exact) mass is 383 g/mol. The maximum Gasteiger partial charge on any atom is 0.265 e. The molecule has 0 amide bonds. The molecule has 0 bridgehead atoms. The van der Waals surface area contributed by atoms with Crippen molar-refractivity contribution in [2.75, 3.05) is 11.3 Å². The topological polar surface area (TPSA) is 55.4 Å². The fourth-order valence-corrected chi connectivity index (χ4v) is 3.88. The number of nitrogens with one attached hydrogen (secondary N) is 1. The summed E-state index contributed by atoms with van der Waals surface area (Å²) in [5.74, 6) is 0.340. The Bertz CT molecular complexity index is 760. The van der Waals surface area contributed by atoms with Crippen molar-refractivity contribution < 1.29 is 13.2 Å². The van der Waals surface area contributed by atoms with Gasteiger partial charge in [0.2, 0.25) is 0 Å². The average molecular weight is 384 g/mol. The third-order valence-corrected chi connectivity index (χ3v) is 5.02. The van der Waals surface area contributed by atoms with Gasteiger partial charge in [-0.25, -0.2) is 8.42 Å². The van der Waals surface area contributed by atoms with Gasteiger partial charge >= 0.3 is 0 Å². The lowest BCUT2D eigenvalue weighted by Gasteiger charge is -2.14. The van der Waals surface area contributed by atoms with E-state index in [9.17, 15) is 8.42 Å². The summed E-state index contributed by atoms with van der Waals surface area (Å²) in [6.07, 6.45) is 0.746. The molecule has 0 aliphatic heterocycles. The van der Waals surface area contributed by atoms with Crippen LogP contribution in [0.15, 0.2) is 51.8 Å². The lowest BCUT2D eigenvalue weighted by molar-refractivity contribution is 0.331. The SMILES string of the molecule is CCOc1ccc(Br)cc1S(=O)(=O)Nc1ccccc1CC. The molecule has 4 nitrogen and oxygen atoms in total. The van der Waals surface area contributed by atoms with Crippen molar-refractivity contribution in [3.8, 4) is 5.75 Å². The molecule has 0 aliphatic rings. The van der Waals surface area contributed by atoms with Gasteiger partial charge in [0.15, 0.2) is 0 Å². The fraction of sp³-hybridized carbons (Fsp3) is 0.250. The Labute approximate surface area is 139 Å². The van der Waals surface area contributed by atoms with Crippen LogP contribution >= 0.6 is 15.9 Å². The Kier molecular flexibility index (Phi) is 5.47. The first-order valence-corrected chi connectivity index (χ1v) is 9.28. The van der Waals surface area contributed by atoms with Crippen LogP contribution in [0.25, 0.3) is 0 Å². The molecule has 0 unspecified atom stereocenters. The van der Waals surface area contributed by atoms with Gasteiger partial charge < -0.3 is 4.74 Å². The highest BCUT2D eigenvalue weighted by molar-refractivity contribution is 9.10. The largest absolute Gasteiger partial charge is 0.492 e. The van der Waals surface area contributed by atoms with Crippen LogP contribution in [0.3, 0.4) is 0 Å². The third kappa shape index (κ3) is 3.81. The summed E-state index contributed by atoms with van der Waals surface area (Å²) in [5.41, 5.74) is 1.53. The van der Waals surface area contributed by atoms with Gasteiger partial charge in [-0.1, -0.05) is 41.1 Å². The van der Waals surface area contributed by atoms with Crippen molar-refractivity contribution in [3.05, 3.63) is 52.5 Å². The first-order valence-electron chi connectivity index (χ1n) is 7.01. The number of hydrogen-bond donors (Lipinski definition) is 1. The summed E-state index contributed by atoms with van der Waals surface area (Å²) in [5, 5.41) is 0. The van der Waals surface area contributed by atoms with E-state index in [2.05, 4.69) is 20.7 Å². The summed E-state index contributed by atoms with van der Waals surface area (Å²) in [4.78, 5) is 0.120. The van der Waals surface area contributed by atoms with Gasteiger partial charge in [-0.15, -0.1) is 0 Å². The maximum atomic E-state index is 12.7. The molecule has 0 aliphatic carbocycles. The summed E-state index contributed by atoms with van der Waals surface area (Å²) >= 11 is 3.31. The normalized spacial score (nSPS) is 11.2. The Morgan fingerprint density at radius 2 is 1.86 bits per heavy atom. The van der Waals surface area contributed by atoms with Gasteiger partial charge in [-0.3, -0.25) is 4.72 Å². The van der Waals surface area contributed by atoms with Gasteiger partial charge in [-0.2, -0.15) is 0 Å². The molecule has 2 aromatic carbocycles. The van der Waals surface area contributed by atoms with Gasteiger partial charge in [-0.05, 0) is 43.2 Å². The molecule has 0 fully saturated rings. The molecule has 6 heteroatoms. The zero-order chi connectivity index (χ0) is 16.2. The Morgan fingerprint density at radius 1 is 1.14 bits per heavy atom. The number of sulfonamides is 1. The zero-order valence-corrected chi connectivity index (χ0v) is 14.9. The number of hydrogen-bond acceptors (Lipinski definition) is 3. The number of rotatable bonds is 6. The van der Waals surface area contributed by atoms with E-state index in [0.717, 1.165) is 12.0 Å². The van der Waals surface area contributed by atoms with E-state index in [-0.39, 0.29) is 4.90 Å². The third-order valence-electron chi connectivity index (χ3n) is 3.14.